The Morgan fingerprint density at radius 2 is 1.95 bits per heavy atom. The number of amides is 1. The van der Waals surface area contributed by atoms with Gasteiger partial charge in [-0.2, -0.15) is 13.2 Å². The van der Waals surface area contributed by atoms with Crippen molar-refractivity contribution in [3.05, 3.63) is 35.4 Å². The maximum atomic E-state index is 12.5. The Bertz CT molecular complexity index is 487. The van der Waals surface area contributed by atoms with Gasteiger partial charge in [-0.3, -0.25) is 4.79 Å². The van der Waals surface area contributed by atoms with Gasteiger partial charge in [0.1, 0.15) is 0 Å². The van der Waals surface area contributed by atoms with E-state index in [0.29, 0.717) is 12.1 Å². The summed E-state index contributed by atoms with van der Waals surface area (Å²) in [6, 6.07) is 4.68. The summed E-state index contributed by atoms with van der Waals surface area (Å²) in [6.45, 7) is 0.687. The molecule has 1 aromatic carbocycles. The molecule has 0 saturated carbocycles. The first-order valence-corrected chi connectivity index (χ1v) is 8.10. The van der Waals surface area contributed by atoms with Gasteiger partial charge in [0.15, 0.2) is 0 Å². The second-order valence-corrected chi connectivity index (χ2v) is 5.99. The number of carbonyl (C=O) groups is 1. The van der Waals surface area contributed by atoms with Crippen molar-refractivity contribution < 1.29 is 18.0 Å². The molecule has 1 saturated heterocycles. The molecule has 21 heavy (non-hydrogen) atoms. The van der Waals surface area contributed by atoms with E-state index >= 15 is 0 Å². The van der Waals surface area contributed by atoms with Crippen LogP contribution in [0.25, 0.3) is 0 Å². The van der Waals surface area contributed by atoms with Crippen molar-refractivity contribution in [2.45, 2.75) is 37.9 Å². The van der Waals surface area contributed by atoms with Gasteiger partial charge in [-0.25, -0.2) is 0 Å². The van der Waals surface area contributed by atoms with Gasteiger partial charge in [-0.15, -0.1) is 0 Å². The van der Waals surface area contributed by atoms with E-state index in [1.54, 1.807) is 4.90 Å². The Morgan fingerprint density at radius 3 is 2.52 bits per heavy atom. The van der Waals surface area contributed by atoms with Crippen LogP contribution in [-0.2, 0) is 6.18 Å². The summed E-state index contributed by atoms with van der Waals surface area (Å²) in [6.07, 6.45) is -0.522. The van der Waals surface area contributed by atoms with Crippen molar-refractivity contribution in [3.63, 3.8) is 0 Å². The van der Waals surface area contributed by atoms with Crippen LogP contribution in [0.1, 0.15) is 41.6 Å². The summed E-state index contributed by atoms with van der Waals surface area (Å²) in [4.78, 5) is 14.2. The maximum absolute atomic E-state index is 12.5. The lowest BCUT2D eigenvalue weighted by Gasteiger charge is -2.24. The quantitative estimate of drug-likeness (QED) is 0.722. The van der Waals surface area contributed by atoms with Crippen LogP contribution in [0.3, 0.4) is 0 Å². The molecule has 1 aliphatic heterocycles. The van der Waals surface area contributed by atoms with Crippen LogP contribution in [0.2, 0.25) is 0 Å². The fourth-order valence-electron chi connectivity index (χ4n) is 2.68. The fraction of sp³-hybridized carbons (Fsp3) is 0.533. The van der Waals surface area contributed by atoms with Gasteiger partial charge in [-0.05, 0) is 49.9 Å². The normalized spacial score (nSPS) is 19.0. The molecule has 116 valence electrons. The van der Waals surface area contributed by atoms with E-state index in [1.807, 2.05) is 0 Å². The molecule has 1 heterocycles. The highest BCUT2D eigenvalue weighted by atomic mass is 79.9. The average Bonchev–Trinajstić information content (AvgIpc) is 2.92. The minimum atomic E-state index is -4.37. The van der Waals surface area contributed by atoms with E-state index in [-0.39, 0.29) is 11.9 Å². The molecule has 0 bridgehead atoms. The molecule has 2 nitrogen and oxygen atoms in total. The number of nitrogens with zero attached hydrogens (tertiary/aromatic N) is 1. The van der Waals surface area contributed by atoms with Crippen LogP contribution < -0.4 is 0 Å². The lowest BCUT2D eigenvalue weighted by molar-refractivity contribution is -0.137. The molecular formula is C15H17BrF3NO. The molecule has 0 aromatic heterocycles. The number of hydrogen-bond donors (Lipinski definition) is 0. The summed E-state index contributed by atoms with van der Waals surface area (Å²) in [5.41, 5.74) is -0.398. The number of hydrogen-bond acceptors (Lipinski definition) is 1. The van der Waals surface area contributed by atoms with Crippen LogP contribution >= 0.6 is 15.9 Å². The summed E-state index contributed by atoms with van der Waals surface area (Å²) in [7, 11) is 0. The molecule has 1 aliphatic rings. The molecule has 0 aliphatic carbocycles. The third-order valence-electron chi connectivity index (χ3n) is 3.77. The zero-order valence-corrected chi connectivity index (χ0v) is 13.1. The Morgan fingerprint density at radius 1 is 1.29 bits per heavy atom. The third kappa shape index (κ3) is 3.99. The zero-order chi connectivity index (χ0) is 15.5. The Labute approximate surface area is 130 Å². The molecular weight excluding hydrogens is 347 g/mol. The van der Waals surface area contributed by atoms with Crippen molar-refractivity contribution in [2.75, 3.05) is 11.9 Å². The van der Waals surface area contributed by atoms with Gasteiger partial charge in [0.2, 0.25) is 0 Å². The summed E-state index contributed by atoms with van der Waals surface area (Å²) >= 11 is 3.38. The number of halogens is 4. The highest BCUT2D eigenvalue weighted by Gasteiger charge is 2.32. The van der Waals surface area contributed by atoms with Crippen molar-refractivity contribution >= 4 is 21.8 Å². The van der Waals surface area contributed by atoms with Crippen LogP contribution in [-0.4, -0.2) is 28.7 Å². The van der Waals surface area contributed by atoms with E-state index in [1.165, 1.54) is 12.1 Å². The van der Waals surface area contributed by atoms with Gasteiger partial charge in [0.25, 0.3) is 5.91 Å². The van der Waals surface area contributed by atoms with Crippen molar-refractivity contribution in [1.29, 1.82) is 0 Å². The number of benzene rings is 1. The third-order valence-corrected chi connectivity index (χ3v) is 4.33. The van der Waals surface area contributed by atoms with E-state index in [9.17, 15) is 18.0 Å². The molecule has 0 spiro atoms. The molecule has 1 amide bonds. The highest BCUT2D eigenvalue weighted by Crippen LogP contribution is 2.30. The SMILES string of the molecule is O=C(c1ccc(C(F)(F)F)cc1)N1CCCC1CCCBr. The molecule has 1 unspecified atom stereocenters. The lowest BCUT2D eigenvalue weighted by atomic mass is 10.1. The van der Waals surface area contributed by atoms with E-state index in [0.717, 1.165) is 43.1 Å². The average molecular weight is 364 g/mol. The number of alkyl halides is 4. The van der Waals surface area contributed by atoms with Crippen LogP contribution in [0.15, 0.2) is 24.3 Å². The van der Waals surface area contributed by atoms with Gasteiger partial charge in [-0.1, -0.05) is 15.9 Å². The predicted molar refractivity (Wildman–Crippen MR) is 78.5 cm³/mol. The summed E-state index contributed by atoms with van der Waals surface area (Å²) in [5, 5.41) is 0.895. The fourth-order valence-corrected chi connectivity index (χ4v) is 3.01. The molecule has 0 N–H and O–H groups in total. The zero-order valence-electron chi connectivity index (χ0n) is 11.5. The Hall–Kier alpha value is -1.04. The first kappa shape index (κ1) is 16.3. The first-order chi connectivity index (χ1) is 9.93. The summed E-state index contributed by atoms with van der Waals surface area (Å²) in [5.74, 6) is -0.166. The number of carbonyl (C=O) groups excluding carboxylic acids is 1. The van der Waals surface area contributed by atoms with E-state index in [4.69, 9.17) is 0 Å². The van der Waals surface area contributed by atoms with Gasteiger partial charge in [0.05, 0.1) is 5.56 Å². The van der Waals surface area contributed by atoms with Crippen LogP contribution in [0.5, 0.6) is 0 Å². The Kier molecular flexibility index (Phi) is 5.30. The van der Waals surface area contributed by atoms with Gasteiger partial charge >= 0.3 is 6.18 Å². The molecule has 1 atom stereocenters. The second kappa shape index (κ2) is 6.81. The van der Waals surface area contributed by atoms with Crippen molar-refractivity contribution in [2.24, 2.45) is 0 Å². The maximum Gasteiger partial charge on any atom is 0.416 e. The van der Waals surface area contributed by atoms with E-state index < -0.39 is 11.7 Å². The minimum absolute atomic E-state index is 0.166. The van der Waals surface area contributed by atoms with Crippen LogP contribution in [0.4, 0.5) is 13.2 Å². The molecule has 0 radical (unpaired) electrons. The highest BCUT2D eigenvalue weighted by molar-refractivity contribution is 9.09. The predicted octanol–water partition coefficient (Wildman–Crippen LogP) is 4.49. The van der Waals surface area contributed by atoms with Gasteiger partial charge < -0.3 is 4.90 Å². The monoisotopic (exact) mass is 363 g/mol. The standard InChI is InChI=1S/C15H17BrF3NO/c16-9-1-3-13-4-2-10-20(13)14(21)11-5-7-12(8-6-11)15(17,18)19/h5-8,13H,1-4,9-10H2. The lowest BCUT2D eigenvalue weighted by Crippen LogP contribution is -2.35. The van der Waals surface area contributed by atoms with E-state index in [2.05, 4.69) is 15.9 Å². The van der Waals surface area contributed by atoms with Crippen molar-refractivity contribution in [3.8, 4) is 0 Å². The van der Waals surface area contributed by atoms with Gasteiger partial charge in [0, 0.05) is 23.5 Å². The summed E-state index contributed by atoms with van der Waals surface area (Å²) < 4.78 is 37.6. The largest absolute Gasteiger partial charge is 0.416 e. The first-order valence-electron chi connectivity index (χ1n) is 6.97. The number of likely N-dealkylation sites (tertiary alicyclic amines) is 1. The molecule has 1 fully saturated rings. The molecule has 1 aromatic rings. The second-order valence-electron chi connectivity index (χ2n) is 5.20. The Balaban J connectivity index is 2.08. The molecule has 6 heteroatoms. The topological polar surface area (TPSA) is 20.3 Å². The van der Waals surface area contributed by atoms with Crippen molar-refractivity contribution in [1.82, 2.24) is 4.90 Å². The number of rotatable bonds is 4. The minimum Gasteiger partial charge on any atom is -0.336 e. The smallest absolute Gasteiger partial charge is 0.336 e. The van der Waals surface area contributed by atoms with Crippen LogP contribution in [0, 0.1) is 0 Å². The molecule has 2 rings (SSSR count).